The van der Waals surface area contributed by atoms with Crippen LogP contribution < -0.4 is 10.1 Å². The standard InChI is InChI=1S/C18H16N4O3S2/c23-15(12-3-4-16-14(8-12)20-17(24)9-25-16)10-27-18-21-19-11-22(18)6-5-13-2-1-7-26-13/h1-4,7-8,11H,5-6,9-10H2,(H,20,24). The number of carbonyl (C=O) groups is 2. The molecule has 27 heavy (non-hydrogen) atoms. The summed E-state index contributed by atoms with van der Waals surface area (Å²) in [6.45, 7) is 0.767. The Balaban J connectivity index is 1.38. The zero-order chi connectivity index (χ0) is 18.6. The number of anilines is 1. The van der Waals surface area contributed by atoms with E-state index in [1.54, 1.807) is 35.9 Å². The highest BCUT2D eigenvalue weighted by Gasteiger charge is 2.18. The number of thioether (sulfide) groups is 1. The number of rotatable bonds is 7. The van der Waals surface area contributed by atoms with Crippen LogP contribution in [0.2, 0.25) is 0 Å². The van der Waals surface area contributed by atoms with Gasteiger partial charge in [0.1, 0.15) is 12.1 Å². The van der Waals surface area contributed by atoms with E-state index in [1.807, 2.05) is 10.6 Å². The first-order valence-electron chi connectivity index (χ1n) is 8.32. The first kappa shape index (κ1) is 17.7. The number of amides is 1. The Morgan fingerprint density at radius 3 is 3.15 bits per heavy atom. The number of ketones is 1. The SMILES string of the molecule is O=C1COc2ccc(C(=O)CSc3nncn3CCc3cccs3)cc2N1. The Morgan fingerprint density at radius 2 is 2.30 bits per heavy atom. The number of nitrogens with one attached hydrogen (secondary N) is 1. The number of ether oxygens (including phenoxy) is 1. The molecule has 0 atom stereocenters. The predicted octanol–water partition coefficient (Wildman–Crippen LogP) is 2.89. The molecule has 0 bridgehead atoms. The van der Waals surface area contributed by atoms with Gasteiger partial charge in [0.2, 0.25) is 0 Å². The predicted molar refractivity (Wildman–Crippen MR) is 104 cm³/mol. The minimum Gasteiger partial charge on any atom is -0.482 e. The highest BCUT2D eigenvalue weighted by atomic mass is 32.2. The number of nitrogens with zero attached hydrogens (tertiary/aromatic N) is 3. The molecule has 3 heterocycles. The first-order chi connectivity index (χ1) is 13.2. The number of thiophene rings is 1. The van der Waals surface area contributed by atoms with Crippen molar-refractivity contribution in [3.05, 3.63) is 52.5 Å². The van der Waals surface area contributed by atoms with Gasteiger partial charge in [-0.2, -0.15) is 0 Å². The van der Waals surface area contributed by atoms with Crippen LogP contribution in [-0.4, -0.2) is 38.8 Å². The Bertz CT molecular complexity index is 969. The topological polar surface area (TPSA) is 86.1 Å². The molecule has 0 radical (unpaired) electrons. The van der Waals surface area contributed by atoms with E-state index in [9.17, 15) is 9.59 Å². The number of aryl methyl sites for hydroxylation is 2. The summed E-state index contributed by atoms with van der Waals surface area (Å²) in [6.07, 6.45) is 2.59. The van der Waals surface area contributed by atoms with Crippen molar-refractivity contribution in [3.63, 3.8) is 0 Å². The average molecular weight is 400 g/mol. The molecule has 9 heteroatoms. The summed E-state index contributed by atoms with van der Waals surface area (Å²) in [6, 6.07) is 9.20. The van der Waals surface area contributed by atoms with Gasteiger partial charge in [-0.1, -0.05) is 17.8 Å². The first-order valence-corrected chi connectivity index (χ1v) is 10.2. The van der Waals surface area contributed by atoms with Crippen molar-refractivity contribution in [2.75, 3.05) is 17.7 Å². The molecule has 0 saturated carbocycles. The van der Waals surface area contributed by atoms with E-state index in [0.717, 1.165) is 18.1 Å². The summed E-state index contributed by atoms with van der Waals surface area (Å²) in [5.41, 5.74) is 1.05. The van der Waals surface area contributed by atoms with E-state index < -0.39 is 0 Å². The Kier molecular flexibility index (Phi) is 5.21. The van der Waals surface area contributed by atoms with E-state index in [2.05, 4.69) is 27.0 Å². The second kappa shape index (κ2) is 7.93. The van der Waals surface area contributed by atoms with Crippen LogP contribution >= 0.6 is 23.1 Å². The quantitative estimate of drug-likeness (QED) is 0.485. The Labute approximate surface area is 163 Å². The number of carbonyl (C=O) groups excluding carboxylic acids is 2. The van der Waals surface area contributed by atoms with Crippen LogP contribution in [0, 0.1) is 0 Å². The molecular formula is C18H16N4O3S2. The van der Waals surface area contributed by atoms with Gasteiger partial charge >= 0.3 is 0 Å². The maximum absolute atomic E-state index is 12.5. The van der Waals surface area contributed by atoms with Crippen molar-refractivity contribution in [2.45, 2.75) is 18.1 Å². The molecule has 0 fully saturated rings. The third kappa shape index (κ3) is 4.20. The fourth-order valence-corrected chi connectivity index (χ4v) is 4.20. The van der Waals surface area contributed by atoms with Crippen LogP contribution in [0.15, 0.2) is 47.2 Å². The molecular weight excluding hydrogens is 384 g/mol. The number of hydrogen-bond acceptors (Lipinski definition) is 7. The monoisotopic (exact) mass is 400 g/mol. The molecule has 0 saturated heterocycles. The molecule has 2 aromatic heterocycles. The van der Waals surface area contributed by atoms with Crippen molar-refractivity contribution in [3.8, 4) is 5.75 Å². The lowest BCUT2D eigenvalue weighted by Gasteiger charge is -2.18. The van der Waals surface area contributed by atoms with Crippen molar-refractivity contribution >= 4 is 40.5 Å². The number of hydrogen-bond donors (Lipinski definition) is 1. The van der Waals surface area contributed by atoms with E-state index in [1.165, 1.54) is 16.6 Å². The molecule has 138 valence electrons. The number of Topliss-reactive ketones (excluding diaryl/α,β-unsaturated/α-hetero) is 1. The lowest BCUT2D eigenvalue weighted by atomic mass is 10.1. The van der Waals surface area contributed by atoms with Crippen LogP contribution in [-0.2, 0) is 17.8 Å². The molecule has 1 N–H and O–H groups in total. The van der Waals surface area contributed by atoms with Gasteiger partial charge in [0.25, 0.3) is 5.91 Å². The smallest absolute Gasteiger partial charge is 0.262 e. The number of fused-ring (bicyclic) bond motifs is 1. The van der Waals surface area contributed by atoms with Crippen LogP contribution in [0.5, 0.6) is 5.75 Å². The minimum atomic E-state index is -0.222. The van der Waals surface area contributed by atoms with E-state index in [-0.39, 0.29) is 24.1 Å². The van der Waals surface area contributed by atoms with Crippen molar-refractivity contribution in [1.82, 2.24) is 14.8 Å². The third-order valence-electron chi connectivity index (χ3n) is 4.03. The second-order valence-corrected chi connectivity index (χ2v) is 7.87. The zero-order valence-corrected chi connectivity index (χ0v) is 15.9. The molecule has 3 aromatic rings. The number of benzene rings is 1. The van der Waals surface area contributed by atoms with Gasteiger partial charge in [-0.3, -0.25) is 9.59 Å². The third-order valence-corrected chi connectivity index (χ3v) is 5.94. The number of aromatic nitrogens is 3. The molecule has 7 nitrogen and oxygen atoms in total. The summed E-state index contributed by atoms with van der Waals surface area (Å²) in [7, 11) is 0. The molecule has 1 aliphatic rings. The van der Waals surface area contributed by atoms with E-state index in [4.69, 9.17) is 4.74 Å². The summed E-state index contributed by atoms with van der Waals surface area (Å²) < 4.78 is 7.27. The zero-order valence-electron chi connectivity index (χ0n) is 14.3. The molecule has 1 aliphatic heterocycles. The summed E-state index contributed by atoms with van der Waals surface area (Å²) in [5.74, 6) is 0.550. The highest BCUT2D eigenvalue weighted by molar-refractivity contribution is 7.99. The molecule has 0 aliphatic carbocycles. The van der Waals surface area contributed by atoms with E-state index >= 15 is 0 Å². The van der Waals surface area contributed by atoms with Crippen molar-refractivity contribution in [2.24, 2.45) is 0 Å². The van der Waals surface area contributed by atoms with Gasteiger partial charge in [-0.25, -0.2) is 0 Å². The molecule has 1 aromatic carbocycles. The second-order valence-electron chi connectivity index (χ2n) is 5.90. The van der Waals surface area contributed by atoms with Gasteiger partial charge in [0, 0.05) is 17.0 Å². The maximum Gasteiger partial charge on any atom is 0.262 e. The van der Waals surface area contributed by atoms with Crippen LogP contribution in [0.25, 0.3) is 0 Å². The van der Waals surface area contributed by atoms with Crippen LogP contribution in [0.4, 0.5) is 5.69 Å². The van der Waals surface area contributed by atoms with Crippen molar-refractivity contribution < 1.29 is 14.3 Å². The normalized spacial score (nSPS) is 13.0. The molecule has 4 rings (SSSR count). The highest BCUT2D eigenvalue weighted by Crippen LogP contribution is 2.29. The summed E-state index contributed by atoms with van der Waals surface area (Å²) in [4.78, 5) is 25.3. The van der Waals surface area contributed by atoms with Crippen molar-refractivity contribution in [1.29, 1.82) is 0 Å². The van der Waals surface area contributed by atoms with Crippen LogP contribution in [0.3, 0.4) is 0 Å². The minimum absolute atomic E-state index is 0.00270. The maximum atomic E-state index is 12.5. The Morgan fingerprint density at radius 1 is 1.37 bits per heavy atom. The van der Waals surface area contributed by atoms with Crippen LogP contribution in [0.1, 0.15) is 15.2 Å². The molecule has 0 unspecified atom stereocenters. The molecule has 1 amide bonds. The Hall–Kier alpha value is -2.65. The summed E-state index contributed by atoms with van der Waals surface area (Å²) in [5, 5.41) is 13.6. The largest absolute Gasteiger partial charge is 0.482 e. The fraction of sp³-hybridized carbons (Fsp3) is 0.222. The van der Waals surface area contributed by atoms with Gasteiger partial charge in [0.15, 0.2) is 17.5 Å². The average Bonchev–Trinajstić information content (AvgIpc) is 3.35. The van der Waals surface area contributed by atoms with Gasteiger partial charge in [0.05, 0.1) is 11.4 Å². The lowest BCUT2D eigenvalue weighted by Crippen LogP contribution is -2.25. The van der Waals surface area contributed by atoms with Gasteiger partial charge < -0.3 is 14.6 Å². The van der Waals surface area contributed by atoms with Gasteiger partial charge in [-0.05, 0) is 36.1 Å². The van der Waals surface area contributed by atoms with Gasteiger partial charge in [-0.15, -0.1) is 21.5 Å². The summed E-state index contributed by atoms with van der Waals surface area (Å²) >= 11 is 3.08. The van der Waals surface area contributed by atoms with E-state index in [0.29, 0.717) is 17.0 Å². The lowest BCUT2D eigenvalue weighted by molar-refractivity contribution is -0.118. The molecule has 0 spiro atoms. The fourth-order valence-electron chi connectivity index (χ4n) is 2.67.